The van der Waals surface area contributed by atoms with E-state index in [1.807, 2.05) is 58.7 Å². The first-order valence-electron chi connectivity index (χ1n) is 20.2. The number of benzene rings is 3. The Kier molecular flexibility index (Phi) is 10.3. The molecule has 3 aromatic carbocycles. The molecule has 2 aromatic heterocycles. The van der Waals surface area contributed by atoms with Crippen molar-refractivity contribution in [3.05, 3.63) is 65.9 Å². The van der Waals surface area contributed by atoms with E-state index in [4.69, 9.17) is 28.9 Å². The van der Waals surface area contributed by atoms with Gasteiger partial charge in [-0.25, -0.2) is 19.6 Å². The maximum absolute atomic E-state index is 14.0. The van der Waals surface area contributed by atoms with E-state index >= 15 is 0 Å². The summed E-state index contributed by atoms with van der Waals surface area (Å²) in [5, 5.41) is 4.72. The van der Waals surface area contributed by atoms with Crippen molar-refractivity contribution in [2.45, 2.75) is 97.2 Å². The summed E-state index contributed by atoms with van der Waals surface area (Å²) in [6, 6.07) is 13.5. The van der Waals surface area contributed by atoms with Crippen LogP contribution in [0, 0.1) is 11.8 Å². The van der Waals surface area contributed by atoms with Crippen molar-refractivity contribution in [3.63, 3.8) is 0 Å². The average molecular weight is 792 g/mol. The number of carbonyl (C=O) groups excluding carboxylic acids is 3. The van der Waals surface area contributed by atoms with Crippen molar-refractivity contribution >= 4 is 39.9 Å². The average Bonchev–Trinajstić information content (AvgIpc) is 4.00. The smallest absolute Gasteiger partial charge is 0.410 e. The summed E-state index contributed by atoms with van der Waals surface area (Å²) in [5.74, 6) is 2.12. The molecule has 3 N–H and O–H groups in total. The maximum Gasteiger partial charge on any atom is 0.410 e. The highest BCUT2D eigenvalue weighted by Gasteiger charge is 2.42. The van der Waals surface area contributed by atoms with Gasteiger partial charge in [0.25, 0.3) is 0 Å². The van der Waals surface area contributed by atoms with Crippen LogP contribution in [0.5, 0.6) is 5.75 Å². The molecule has 58 heavy (non-hydrogen) atoms. The van der Waals surface area contributed by atoms with Crippen LogP contribution in [0.25, 0.3) is 44.2 Å². The van der Waals surface area contributed by atoms with Gasteiger partial charge in [0, 0.05) is 36.6 Å². The number of carbonyl (C=O) groups is 3. The molecular formula is C44H53N7O7. The lowest BCUT2D eigenvalue weighted by atomic mass is 9.92. The monoisotopic (exact) mass is 791 g/mol. The minimum absolute atomic E-state index is 0.0184. The molecule has 5 heterocycles. The van der Waals surface area contributed by atoms with Crippen molar-refractivity contribution in [1.29, 1.82) is 0 Å². The quantitative estimate of drug-likeness (QED) is 0.141. The van der Waals surface area contributed by atoms with E-state index in [1.54, 1.807) is 12.0 Å². The van der Waals surface area contributed by atoms with Crippen molar-refractivity contribution in [2.75, 3.05) is 27.4 Å². The largest absolute Gasteiger partial charge is 0.488 e. The lowest BCUT2D eigenvalue weighted by Gasteiger charge is -2.32. The molecule has 2 saturated heterocycles. The molecule has 1 unspecified atom stereocenters. The predicted molar refractivity (Wildman–Crippen MR) is 219 cm³/mol. The molecule has 3 aliphatic heterocycles. The number of aromatic amines is 2. The Hall–Kier alpha value is -5.63. The standard InChI is InChI=1S/C44H53N7O7/c1-23(2)37(49-42(53)56-8)41(52)51-24(3)9-14-34(51)40-46-32-13-11-26-17-31-29-12-10-27(16-28(29)22-57-36(31)18-30(26)38(32)48-40)33-19-45-39(47-33)35-15-25(21-55-7)20-50(35)43(54)58-44(4,5)6/h10-13,16-19,23-25,34-35,37H,9,14-15,20-22H2,1-8H3,(H,45,47)(H,46,48)(H,49,53)/t24-,25?,34-,35-,37-/m0/s1. The SMILES string of the molecule is COCC1C[C@@H](c2ncc(-c3ccc4c(c3)COc3cc5c(ccc6[nH]c([C@@H]7CC[C@H](C)N7C(=O)[C@@H](NC(=O)OC)C(C)C)nc65)cc3-4)[nH]2)N(C(=O)OC(C)(C)C)C1. The second-order valence-electron chi connectivity index (χ2n) is 17.2. The molecule has 0 radical (unpaired) electrons. The molecule has 3 amide bonds. The molecule has 0 aliphatic carbocycles. The highest BCUT2D eigenvalue weighted by molar-refractivity contribution is 6.07. The number of nitrogens with zero attached hydrogens (tertiary/aromatic N) is 4. The number of alkyl carbamates (subject to hydrolysis) is 1. The number of likely N-dealkylation sites (tertiary alicyclic amines) is 2. The minimum atomic E-state index is -0.719. The molecule has 0 bridgehead atoms. The molecular weight excluding hydrogens is 739 g/mol. The summed E-state index contributed by atoms with van der Waals surface area (Å²) in [4.78, 5) is 59.8. The summed E-state index contributed by atoms with van der Waals surface area (Å²) >= 11 is 0. The van der Waals surface area contributed by atoms with Crippen LogP contribution >= 0.6 is 0 Å². The second kappa shape index (κ2) is 15.3. The van der Waals surface area contributed by atoms with E-state index in [2.05, 4.69) is 51.7 Å². The van der Waals surface area contributed by atoms with Crippen LogP contribution in [0.3, 0.4) is 0 Å². The number of H-pyrrole nitrogens is 2. The van der Waals surface area contributed by atoms with Crippen LogP contribution in [0.15, 0.2) is 48.7 Å². The number of amides is 3. The number of hydrogen-bond donors (Lipinski definition) is 3. The molecule has 5 aromatic rings. The number of hydrogen-bond acceptors (Lipinski definition) is 9. The van der Waals surface area contributed by atoms with E-state index in [0.717, 1.165) is 86.4 Å². The predicted octanol–water partition coefficient (Wildman–Crippen LogP) is 8.04. The summed E-state index contributed by atoms with van der Waals surface area (Å²) in [5.41, 5.74) is 6.07. The maximum atomic E-state index is 14.0. The van der Waals surface area contributed by atoms with Crippen LogP contribution in [0.4, 0.5) is 9.59 Å². The first-order valence-corrected chi connectivity index (χ1v) is 20.2. The highest BCUT2D eigenvalue weighted by atomic mass is 16.6. The van der Waals surface area contributed by atoms with Crippen LogP contribution in [-0.2, 0) is 25.6 Å². The molecule has 14 nitrogen and oxygen atoms in total. The van der Waals surface area contributed by atoms with Gasteiger partial charge in [-0.15, -0.1) is 0 Å². The summed E-state index contributed by atoms with van der Waals surface area (Å²) < 4.78 is 22.4. The van der Waals surface area contributed by atoms with Gasteiger partial charge in [-0.05, 0) is 99.2 Å². The third kappa shape index (κ3) is 7.34. The first-order chi connectivity index (χ1) is 27.7. The van der Waals surface area contributed by atoms with Crippen LogP contribution in [0.2, 0.25) is 0 Å². The van der Waals surface area contributed by atoms with Crippen molar-refractivity contribution in [2.24, 2.45) is 11.8 Å². The fourth-order valence-corrected chi connectivity index (χ4v) is 8.83. The van der Waals surface area contributed by atoms with E-state index in [0.29, 0.717) is 19.8 Å². The Bertz CT molecular complexity index is 2380. The molecule has 2 fully saturated rings. The Labute approximate surface area is 338 Å². The fraction of sp³-hybridized carbons (Fsp3) is 0.477. The van der Waals surface area contributed by atoms with Crippen molar-refractivity contribution in [1.82, 2.24) is 35.1 Å². The van der Waals surface area contributed by atoms with Crippen molar-refractivity contribution < 1.29 is 33.3 Å². The zero-order valence-electron chi connectivity index (χ0n) is 34.5. The molecule has 306 valence electrons. The van der Waals surface area contributed by atoms with Gasteiger partial charge in [-0.3, -0.25) is 9.69 Å². The minimum Gasteiger partial charge on any atom is -0.488 e. The molecule has 0 spiro atoms. The number of fused-ring (bicyclic) bond motifs is 6. The molecule has 14 heteroatoms. The number of nitrogens with one attached hydrogen (secondary N) is 3. The van der Waals surface area contributed by atoms with E-state index in [-0.39, 0.29) is 42.0 Å². The zero-order chi connectivity index (χ0) is 41.0. The summed E-state index contributed by atoms with van der Waals surface area (Å²) in [6.07, 6.45) is 3.14. The number of rotatable bonds is 8. The third-order valence-electron chi connectivity index (χ3n) is 11.6. The zero-order valence-corrected chi connectivity index (χ0v) is 34.5. The van der Waals surface area contributed by atoms with Gasteiger partial charge in [0.05, 0.1) is 48.7 Å². The molecule has 3 aliphatic rings. The number of imidazole rings is 2. The second-order valence-corrected chi connectivity index (χ2v) is 17.2. The fourth-order valence-electron chi connectivity index (χ4n) is 8.83. The highest BCUT2D eigenvalue weighted by Crippen LogP contribution is 2.44. The number of aromatic nitrogens is 4. The lowest BCUT2D eigenvalue weighted by Crippen LogP contribution is -2.52. The van der Waals surface area contributed by atoms with Gasteiger partial charge in [-0.1, -0.05) is 32.0 Å². The normalized spacial score (nSPS) is 20.9. The van der Waals surface area contributed by atoms with Gasteiger partial charge >= 0.3 is 12.2 Å². The lowest BCUT2D eigenvalue weighted by molar-refractivity contribution is -0.137. The summed E-state index contributed by atoms with van der Waals surface area (Å²) in [7, 11) is 2.98. The van der Waals surface area contributed by atoms with E-state index in [1.165, 1.54) is 7.11 Å². The third-order valence-corrected chi connectivity index (χ3v) is 11.6. The molecule has 5 atom stereocenters. The van der Waals surface area contributed by atoms with E-state index in [9.17, 15) is 14.4 Å². The van der Waals surface area contributed by atoms with Crippen LogP contribution in [-0.4, -0.2) is 92.9 Å². The van der Waals surface area contributed by atoms with Crippen LogP contribution in [0.1, 0.15) is 90.1 Å². The number of ether oxygens (including phenoxy) is 4. The first kappa shape index (κ1) is 39.2. The van der Waals surface area contributed by atoms with Gasteiger partial charge in [0.15, 0.2) is 0 Å². The topological polar surface area (TPSA) is 164 Å². The van der Waals surface area contributed by atoms with Gasteiger partial charge in [0.1, 0.15) is 35.6 Å². The number of methoxy groups -OCH3 is 2. The summed E-state index contributed by atoms with van der Waals surface area (Å²) in [6.45, 7) is 13.0. The Balaban J connectivity index is 1.06. The Morgan fingerprint density at radius 3 is 2.55 bits per heavy atom. The van der Waals surface area contributed by atoms with Crippen molar-refractivity contribution in [3.8, 4) is 28.1 Å². The molecule has 8 rings (SSSR count). The van der Waals surface area contributed by atoms with Gasteiger partial charge < -0.3 is 39.1 Å². The molecule has 0 saturated carbocycles. The Morgan fingerprint density at radius 1 is 1.00 bits per heavy atom. The van der Waals surface area contributed by atoms with E-state index < -0.39 is 17.7 Å². The van der Waals surface area contributed by atoms with Gasteiger partial charge in [-0.2, -0.15) is 0 Å². The van der Waals surface area contributed by atoms with Crippen LogP contribution < -0.4 is 10.1 Å². The van der Waals surface area contributed by atoms with Gasteiger partial charge in [0.2, 0.25) is 5.91 Å². The Morgan fingerprint density at radius 2 is 1.81 bits per heavy atom.